The summed E-state index contributed by atoms with van der Waals surface area (Å²) >= 11 is 1.69. The lowest BCUT2D eigenvalue weighted by atomic mass is 9.96. The number of thiazole rings is 1. The summed E-state index contributed by atoms with van der Waals surface area (Å²) in [7, 11) is 3.77. The van der Waals surface area contributed by atoms with Crippen LogP contribution in [0.15, 0.2) is 48.5 Å². The fourth-order valence-corrected chi connectivity index (χ4v) is 5.02. The summed E-state index contributed by atoms with van der Waals surface area (Å²) in [5.74, 6) is 1.12. The third-order valence-electron chi connectivity index (χ3n) is 5.81. The van der Waals surface area contributed by atoms with Crippen LogP contribution in [0.2, 0.25) is 0 Å². The van der Waals surface area contributed by atoms with E-state index in [-0.39, 0.29) is 11.8 Å². The third kappa shape index (κ3) is 5.54. The van der Waals surface area contributed by atoms with Crippen molar-refractivity contribution in [2.24, 2.45) is 5.92 Å². The summed E-state index contributed by atoms with van der Waals surface area (Å²) in [4.78, 5) is 21.9. The Labute approximate surface area is 187 Å². The molecule has 0 aliphatic carbocycles. The lowest BCUT2D eigenvalue weighted by Crippen LogP contribution is -2.42. The lowest BCUT2D eigenvalue weighted by Gasteiger charge is -2.31. The zero-order valence-corrected chi connectivity index (χ0v) is 19.0. The molecule has 4 rings (SSSR count). The van der Waals surface area contributed by atoms with Gasteiger partial charge in [-0.05, 0) is 43.7 Å². The van der Waals surface area contributed by atoms with Crippen LogP contribution in [0.25, 0.3) is 10.2 Å². The van der Waals surface area contributed by atoms with E-state index in [0.29, 0.717) is 6.54 Å². The number of fused-ring (bicyclic) bond motifs is 1. The maximum Gasteiger partial charge on any atom is 0.223 e. The molecule has 1 aliphatic rings. The van der Waals surface area contributed by atoms with Gasteiger partial charge in [-0.1, -0.05) is 41.7 Å². The second-order valence-electron chi connectivity index (χ2n) is 8.11. The second-order valence-corrected chi connectivity index (χ2v) is 9.11. The number of carbonyl (C=O) groups excluding carboxylic acids is 1. The van der Waals surface area contributed by atoms with E-state index in [4.69, 9.17) is 9.72 Å². The van der Waals surface area contributed by atoms with Gasteiger partial charge in [0.25, 0.3) is 0 Å². The van der Waals surface area contributed by atoms with Crippen molar-refractivity contribution in [2.45, 2.75) is 19.4 Å². The van der Waals surface area contributed by atoms with Crippen LogP contribution in [0.1, 0.15) is 18.4 Å². The largest absolute Gasteiger partial charge is 0.497 e. The highest BCUT2D eigenvalue weighted by atomic mass is 32.1. The molecule has 0 atom stereocenters. The molecule has 164 valence electrons. The minimum absolute atomic E-state index is 0.0881. The Kier molecular flexibility index (Phi) is 7.04. The van der Waals surface area contributed by atoms with Gasteiger partial charge >= 0.3 is 0 Å². The number of nitrogens with one attached hydrogen (secondary N) is 1. The number of likely N-dealkylation sites (N-methyl/N-ethyl adjacent to an activating group) is 1. The summed E-state index contributed by atoms with van der Waals surface area (Å²) in [6.45, 7) is 4.14. The van der Waals surface area contributed by atoms with Gasteiger partial charge in [0.05, 0.1) is 17.3 Å². The molecule has 2 aromatic carbocycles. The van der Waals surface area contributed by atoms with Crippen molar-refractivity contribution in [3.63, 3.8) is 0 Å². The Morgan fingerprint density at radius 2 is 2.00 bits per heavy atom. The van der Waals surface area contributed by atoms with Crippen molar-refractivity contribution >= 4 is 32.6 Å². The molecule has 3 aromatic rings. The SMILES string of the molecule is COc1ccc2nc(N3CCC(C(=O)NCCN(C)Cc4ccccc4)CC3)sc2c1. The first kappa shape index (κ1) is 21.6. The molecular formula is C24H30N4O2S. The number of rotatable bonds is 8. The Balaban J connectivity index is 1.21. The number of aromatic nitrogens is 1. The molecule has 0 unspecified atom stereocenters. The summed E-state index contributed by atoms with van der Waals surface area (Å²) in [6, 6.07) is 16.4. The van der Waals surface area contributed by atoms with E-state index >= 15 is 0 Å². The van der Waals surface area contributed by atoms with Crippen LogP contribution in [-0.2, 0) is 11.3 Å². The number of piperidine rings is 1. The number of benzene rings is 2. The predicted octanol–water partition coefficient (Wildman–Crippen LogP) is 3.77. The number of amides is 1. The molecule has 2 heterocycles. The standard InChI is InChI=1S/C24H30N4O2S/c1-27(17-18-6-4-3-5-7-18)15-12-25-23(29)19-10-13-28(14-11-19)24-26-21-9-8-20(30-2)16-22(21)31-24/h3-9,16,19H,10-15,17H2,1-2H3,(H,25,29). The minimum Gasteiger partial charge on any atom is -0.497 e. The number of nitrogens with zero attached hydrogens (tertiary/aromatic N) is 3. The van der Waals surface area contributed by atoms with Gasteiger partial charge in [0, 0.05) is 38.6 Å². The third-order valence-corrected chi connectivity index (χ3v) is 6.89. The first-order chi connectivity index (χ1) is 15.1. The fourth-order valence-electron chi connectivity index (χ4n) is 3.98. The van der Waals surface area contributed by atoms with E-state index in [2.05, 4.69) is 46.4 Å². The van der Waals surface area contributed by atoms with Gasteiger partial charge in [0.1, 0.15) is 5.75 Å². The zero-order valence-electron chi connectivity index (χ0n) is 18.2. The molecule has 1 N–H and O–H groups in total. The van der Waals surface area contributed by atoms with E-state index in [0.717, 1.165) is 60.1 Å². The molecule has 1 saturated heterocycles. The van der Waals surface area contributed by atoms with Gasteiger partial charge in [-0.15, -0.1) is 0 Å². The minimum atomic E-state index is 0.0881. The molecule has 7 heteroatoms. The summed E-state index contributed by atoms with van der Waals surface area (Å²) in [5, 5.41) is 4.16. The van der Waals surface area contributed by atoms with Crippen molar-refractivity contribution in [2.75, 3.05) is 45.2 Å². The molecule has 1 aromatic heterocycles. The predicted molar refractivity (Wildman–Crippen MR) is 127 cm³/mol. The van der Waals surface area contributed by atoms with Crippen molar-refractivity contribution in [3.8, 4) is 5.75 Å². The number of methoxy groups -OCH3 is 1. The van der Waals surface area contributed by atoms with Gasteiger partial charge in [0.2, 0.25) is 5.91 Å². The molecule has 1 amide bonds. The van der Waals surface area contributed by atoms with Gasteiger partial charge in [-0.3, -0.25) is 4.79 Å². The van der Waals surface area contributed by atoms with E-state index in [1.807, 2.05) is 24.3 Å². The Morgan fingerprint density at radius 3 is 2.74 bits per heavy atom. The Bertz CT molecular complexity index is 999. The maximum absolute atomic E-state index is 12.6. The van der Waals surface area contributed by atoms with Crippen LogP contribution in [0.4, 0.5) is 5.13 Å². The molecule has 31 heavy (non-hydrogen) atoms. The average Bonchev–Trinajstić information content (AvgIpc) is 3.23. The van der Waals surface area contributed by atoms with Crippen LogP contribution < -0.4 is 15.0 Å². The molecule has 0 spiro atoms. The number of carbonyl (C=O) groups is 1. The van der Waals surface area contributed by atoms with E-state index in [9.17, 15) is 4.79 Å². The molecule has 1 fully saturated rings. The fraction of sp³-hybridized carbons (Fsp3) is 0.417. The second kappa shape index (κ2) is 10.1. The van der Waals surface area contributed by atoms with Gasteiger partial charge in [-0.25, -0.2) is 4.98 Å². The maximum atomic E-state index is 12.6. The van der Waals surface area contributed by atoms with Gasteiger partial charge in [-0.2, -0.15) is 0 Å². The van der Waals surface area contributed by atoms with Crippen LogP contribution in [-0.4, -0.2) is 56.1 Å². The summed E-state index contributed by atoms with van der Waals surface area (Å²) in [5.41, 5.74) is 2.29. The molecule has 0 radical (unpaired) electrons. The molecular weight excluding hydrogens is 408 g/mol. The molecule has 6 nitrogen and oxygen atoms in total. The van der Waals surface area contributed by atoms with Crippen molar-refractivity contribution < 1.29 is 9.53 Å². The number of hydrogen-bond donors (Lipinski definition) is 1. The molecule has 0 saturated carbocycles. The first-order valence-electron chi connectivity index (χ1n) is 10.8. The van der Waals surface area contributed by atoms with Gasteiger partial charge in [0.15, 0.2) is 5.13 Å². The highest BCUT2D eigenvalue weighted by molar-refractivity contribution is 7.22. The Hall–Kier alpha value is -2.64. The highest BCUT2D eigenvalue weighted by Crippen LogP contribution is 2.33. The molecule has 1 aliphatic heterocycles. The topological polar surface area (TPSA) is 57.7 Å². The monoisotopic (exact) mass is 438 g/mol. The number of hydrogen-bond acceptors (Lipinski definition) is 6. The van der Waals surface area contributed by atoms with Crippen molar-refractivity contribution in [1.29, 1.82) is 0 Å². The Morgan fingerprint density at radius 1 is 1.23 bits per heavy atom. The van der Waals surface area contributed by atoms with Crippen molar-refractivity contribution in [3.05, 3.63) is 54.1 Å². The van der Waals surface area contributed by atoms with E-state index in [1.54, 1.807) is 18.4 Å². The van der Waals surface area contributed by atoms with Gasteiger partial charge < -0.3 is 19.9 Å². The van der Waals surface area contributed by atoms with Crippen LogP contribution >= 0.6 is 11.3 Å². The highest BCUT2D eigenvalue weighted by Gasteiger charge is 2.26. The number of ether oxygens (including phenoxy) is 1. The van der Waals surface area contributed by atoms with Crippen LogP contribution in [0.5, 0.6) is 5.75 Å². The summed E-state index contributed by atoms with van der Waals surface area (Å²) < 4.78 is 6.44. The zero-order chi connectivity index (χ0) is 21.6. The normalized spacial score (nSPS) is 14.9. The van der Waals surface area contributed by atoms with Crippen LogP contribution in [0.3, 0.4) is 0 Å². The van der Waals surface area contributed by atoms with Crippen molar-refractivity contribution in [1.82, 2.24) is 15.2 Å². The van der Waals surface area contributed by atoms with E-state index < -0.39 is 0 Å². The molecule has 0 bridgehead atoms. The van der Waals surface area contributed by atoms with E-state index in [1.165, 1.54) is 5.56 Å². The summed E-state index contributed by atoms with van der Waals surface area (Å²) in [6.07, 6.45) is 1.73. The number of anilines is 1. The quantitative estimate of drug-likeness (QED) is 0.580. The lowest BCUT2D eigenvalue weighted by molar-refractivity contribution is -0.125. The van der Waals surface area contributed by atoms with Crippen LogP contribution in [0, 0.1) is 5.92 Å². The average molecular weight is 439 g/mol. The first-order valence-corrected chi connectivity index (χ1v) is 11.6. The smallest absolute Gasteiger partial charge is 0.223 e.